The third kappa shape index (κ3) is 5.44. The molecule has 0 atom stereocenters. The topological polar surface area (TPSA) is 21.3 Å². The number of hydrogen-bond donors (Lipinski definition) is 1. The monoisotopic (exact) mass is 391 g/mol. The van der Waals surface area contributed by atoms with Gasteiger partial charge in [0.25, 0.3) is 0 Å². The van der Waals surface area contributed by atoms with Crippen LogP contribution in [-0.2, 0) is 6.54 Å². The molecule has 4 heteroatoms. The number of benzene rings is 1. The zero-order valence-electron chi connectivity index (χ0n) is 12.1. The second-order valence-electron chi connectivity index (χ2n) is 5.30. The van der Waals surface area contributed by atoms with Gasteiger partial charge in [0.05, 0.1) is 11.1 Å². The molecule has 0 aromatic heterocycles. The molecule has 1 N–H and O–H groups in total. The summed E-state index contributed by atoms with van der Waals surface area (Å²) in [5.74, 6) is 0.936. The Labute approximate surface area is 133 Å². The first kappa shape index (κ1) is 17.0. The Balaban J connectivity index is 2.87. The van der Waals surface area contributed by atoms with Crippen LogP contribution in [0.15, 0.2) is 21.1 Å². The van der Waals surface area contributed by atoms with Crippen molar-refractivity contribution >= 4 is 31.9 Å². The lowest BCUT2D eigenvalue weighted by Gasteiger charge is -2.26. The number of halogens is 2. The molecular formula is C15H23Br2NO. The highest BCUT2D eigenvalue weighted by atomic mass is 79.9. The van der Waals surface area contributed by atoms with Gasteiger partial charge in [-0.1, -0.05) is 29.3 Å². The largest absolute Gasteiger partial charge is 0.492 e. The lowest BCUT2D eigenvalue weighted by molar-refractivity contribution is 0.323. The van der Waals surface area contributed by atoms with Crippen molar-refractivity contribution in [3.63, 3.8) is 0 Å². The summed E-state index contributed by atoms with van der Waals surface area (Å²) >= 11 is 7.10. The molecule has 0 saturated heterocycles. The Morgan fingerprint density at radius 2 is 1.89 bits per heavy atom. The summed E-state index contributed by atoms with van der Waals surface area (Å²) in [7, 11) is 0. The van der Waals surface area contributed by atoms with E-state index in [0.717, 1.165) is 27.7 Å². The van der Waals surface area contributed by atoms with E-state index in [2.05, 4.69) is 64.0 Å². The first-order valence-electron chi connectivity index (χ1n) is 6.75. The van der Waals surface area contributed by atoms with E-state index in [1.54, 1.807) is 0 Å². The van der Waals surface area contributed by atoms with Crippen LogP contribution in [0.1, 0.15) is 46.1 Å². The fraction of sp³-hybridized carbons (Fsp3) is 0.600. The molecule has 1 aromatic rings. The Morgan fingerprint density at radius 1 is 1.21 bits per heavy atom. The van der Waals surface area contributed by atoms with E-state index in [0.29, 0.717) is 6.61 Å². The molecule has 2 nitrogen and oxygen atoms in total. The summed E-state index contributed by atoms with van der Waals surface area (Å²) in [6, 6.07) is 4.14. The van der Waals surface area contributed by atoms with E-state index in [9.17, 15) is 0 Å². The molecule has 0 aliphatic carbocycles. The van der Waals surface area contributed by atoms with Crippen molar-refractivity contribution in [1.29, 1.82) is 0 Å². The van der Waals surface area contributed by atoms with E-state index < -0.39 is 0 Å². The van der Waals surface area contributed by atoms with Gasteiger partial charge in [-0.3, -0.25) is 0 Å². The highest BCUT2D eigenvalue weighted by Crippen LogP contribution is 2.33. The number of ether oxygens (including phenoxy) is 1. The quantitative estimate of drug-likeness (QED) is 0.681. The molecule has 0 radical (unpaired) electrons. The molecule has 0 spiro atoms. The van der Waals surface area contributed by atoms with Crippen LogP contribution in [0.5, 0.6) is 5.75 Å². The van der Waals surface area contributed by atoms with Gasteiger partial charge >= 0.3 is 0 Å². The van der Waals surface area contributed by atoms with Crippen molar-refractivity contribution in [1.82, 2.24) is 5.32 Å². The summed E-state index contributed by atoms with van der Waals surface area (Å²) in [5.41, 5.74) is 1.32. The van der Waals surface area contributed by atoms with Gasteiger partial charge in [-0.2, -0.15) is 0 Å². The molecule has 0 amide bonds. The van der Waals surface area contributed by atoms with Gasteiger partial charge in [-0.25, -0.2) is 0 Å². The zero-order chi connectivity index (χ0) is 14.5. The average Bonchev–Trinajstić information content (AvgIpc) is 2.30. The second kappa shape index (κ2) is 7.65. The molecule has 1 aromatic carbocycles. The van der Waals surface area contributed by atoms with Gasteiger partial charge in [0, 0.05) is 22.1 Å². The predicted octanol–water partition coefficient (Wildman–Crippen LogP) is 5.28. The van der Waals surface area contributed by atoms with Crippen LogP contribution in [0.3, 0.4) is 0 Å². The van der Waals surface area contributed by atoms with E-state index in [1.807, 2.05) is 13.0 Å². The zero-order valence-corrected chi connectivity index (χ0v) is 15.3. The highest BCUT2D eigenvalue weighted by Gasteiger charge is 2.17. The fourth-order valence-electron chi connectivity index (χ4n) is 2.10. The molecule has 1 rings (SSSR count). The van der Waals surface area contributed by atoms with Crippen LogP contribution >= 0.6 is 31.9 Å². The predicted molar refractivity (Wildman–Crippen MR) is 88.8 cm³/mol. The summed E-state index contributed by atoms with van der Waals surface area (Å²) < 4.78 is 7.80. The van der Waals surface area contributed by atoms with Crippen molar-refractivity contribution in [2.24, 2.45) is 0 Å². The number of hydrogen-bond acceptors (Lipinski definition) is 2. The first-order chi connectivity index (χ1) is 8.89. The smallest absolute Gasteiger partial charge is 0.138 e. The number of nitrogens with one attached hydrogen (secondary N) is 1. The van der Waals surface area contributed by atoms with Crippen molar-refractivity contribution in [2.75, 3.05) is 6.61 Å². The Hall–Kier alpha value is -0.0600. The maximum absolute atomic E-state index is 5.74. The van der Waals surface area contributed by atoms with Gasteiger partial charge in [-0.15, -0.1) is 0 Å². The first-order valence-corrected chi connectivity index (χ1v) is 8.34. The van der Waals surface area contributed by atoms with E-state index in [-0.39, 0.29) is 5.54 Å². The highest BCUT2D eigenvalue weighted by molar-refractivity contribution is 9.11. The van der Waals surface area contributed by atoms with Crippen LogP contribution in [-0.4, -0.2) is 12.1 Å². The molecule has 108 valence electrons. The van der Waals surface area contributed by atoms with Crippen molar-refractivity contribution in [3.05, 3.63) is 26.6 Å². The number of rotatable bonds is 7. The average molecular weight is 393 g/mol. The van der Waals surface area contributed by atoms with Gasteiger partial charge in [-0.05, 0) is 55.3 Å². The molecule has 0 bridgehead atoms. The van der Waals surface area contributed by atoms with Crippen LogP contribution in [0, 0.1) is 0 Å². The fourth-order valence-corrected chi connectivity index (χ4v) is 3.53. The lowest BCUT2D eigenvalue weighted by atomic mass is 9.98. The van der Waals surface area contributed by atoms with E-state index >= 15 is 0 Å². The van der Waals surface area contributed by atoms with Crippen molar-refractivity contribution < 1.29 is 4.74 Å². The molecular weight excluding hydrogens is 370 g/mol. The maximum atomic E-state index is 5.74. The minimum Gasteiger partial charge on any atom is -0.492 e. The molecule has 0 aliphatic rings. The summed E-state index contributed by atoms with van der Waals surface area (Å²) in [6.45, 7) is 10.2. The van der Waals surface area contributed by atoms with Crippen LogP contribution in [0.2, 0.25) is 0 Å². The Bertz CT molecular complexity index is 419. The molecule has 0 heterocycles. The lowest BCUT2D eigenvalue weighted by Crippen LogP contribution is -2.38. The normalized spacial score (nSPS) is 11.7. The summed E-state index contributed by atoms with van der Waals surface area (Å²) in [4.78, 5) is 0. The molecule has 19 heavy (non-hydrogen) atoms. The minimum atomic E-state index is 0.146. The molecule has 0 aliphatic heterocycles. The molecule has 0 fully saturated rings. The van der Waals surface area contributed by atoms with Crippen molar-refractivity contribution in [3.8, 4) is 5.75 Å². The second-order valence-corrected chi connectivity index (χ2v) is 7.07. The van der Waals surface area contributed by atoms with Crippen LogP contribution in [0.25, 0.3) is 0 Å². The summed E-state index contributed by atoms with van der Waals surface area (Å²) in [6.07, 6.45) is 2.34. The maximum Gasteiger partial charge on any atom is 0.138 e. The van der Waals surface area contributed by atoms with Gasteiger partial charge in [0.1, 0.15) is 5.75 Å². The van der Waals surface area contributed by atoms with E-state index in [4.69, 9.17) is 4.74 Å². The van der Waals surface area contributed by atoms with Gasteiger partial charge < -0.3 is 10.1 Å². The van der Waals surface area contributed by atoms with Gasteiger partial charge in [0.2, 0.25) is 0 Å². The van der Waals surface area contributed by atoms with Crippen molar-refractivity contribution in [2.45, 2.75) is 52.6 Å². The minimum absolute atomic E-state index is 0.146. The van der Waals surface area contributed by atoms with Crippen LogP contribution in [0.4, 0.5) is 0 Å². The Kier molecular flexibility index (Phi) is 6.84. The van der Waals surface area contributed by atoms with Crippen LogP contribution < -0.4 is 10.1 Å². The third-order valence-electron chi connectivity index (χ3n) is 3.01. The summed E-state index contributed by atoms with van der Waals surface area (Å²) in [5, 5.41) is 3.61. The third-order valence-corrected chi connectivity index (χ3v) is 4.05. The Morgan fingerprint density at radius 3 is 2.47 bits per heavy atom. The van der Waals surface area contributed by atoms with Gasteiger partial charge in [0.15, 0.2) is 0 Å². The standard InChI is InChI=1S/C15H23Br2NO/c1-5-7-15(3,4)18-10-11-8-12(16)9-13(17)14(11)19-6-2/h8-9,18H,5-7,10H2,1-4H3. The van der Waals surface area contributed by atoms with E-state index in [1.165, 1.54) is 12.0 Å². The molecule has 0 unspecified atom stereocenters. The SMILES string of the molecule is CCCC(C)(C)NCc1cc(Br)cc(Br)c1OCC. The molecule has 0 saturated carbocycles.